The molecule has 1 aliphatic rings. The number of ether oxygens (including phenoxy) is 2. The average Bonchev–Trinajstić information content (AvgIpc) is 3.29. The average molecular weight is 421 g/mol. The van der Waals surface area contributed by atoms with E-state index < -0.39 is 43.0 Å². The summed E-state index contributed by atoms with van der Waals surface area (Å²) in [6, 6.07) is 2.63. The van der Waals surface area contributed by atoms with Crippen molar-refractivity contribution in [2.24, 2.45) is 11.7 Å². The molecule has 11 heteroatoms. The van der Waals surface area contributed by atoms with E-state index in [1.807, 2.05) is 13.8 Å². The van der Waals surface area contributed by atoms with Gasteiger partial charge in [0.2, 0.25) is 5.91 Å². The normalized spacial score (nSPS) is 24.9. The van der Waals surface area contributed by atoms with Crippen molar-refractivity contribution in [3.05, 3.63) is 24.2 Å². The van der Waals surface area contributed by atoms with Crippen LogP contribution < -0.4 is 11.1 Å². The fourth-order valence-corrected chi connectivity index (χ4v) is 3.28. The van der Waals surface area contributed by atoms with Gasteiger partial charge in [-0.25, -0.2) is 9.50 Å². The Morgan fingerprint density at radius 2 is 2.13 bits per heavy atom. The second kappa shape index (κ2) is 9.04. The van der Waals surface area contributed by atoms with E-state index in [1.54, 1.807) is 19.1 Å². The van der Waals surface area contributed by atoms with Crippen LogP contribution in [0.5, 0.6) is 0 Å². The maximum atomic E-state index is 12.3. The molecule has 30 heavy (non-hydrogen) atoms. The first-order valence-electron chi connectivity index (χ1n) is 9.81. The van der Waals surface area contributed by atoms with Gasteiger partial charge >= 0.3 is 5.97 Å². The lowest BCUT2D eigenvalue weighted by Crippen LogP contribution is -2.40. The van der Waals surface area contributed by atoms with Crippen LogP contribution in [-0.2, 0) is 19.1 Å². The summed E-state index contributed by atoms with van der Waals surface area (Å²) in [6.45, 7) is 4.89. The Kier molecular flexibility index (Phi) is 6.66. The molecule has 1 aliphatic heterocycles. The van der Waals surface area contributed by atoms with Crippen LogP contribution >= 0.6 is 0 Å². The molecule has 164 valence electrons. The zero-order chi connectivity index (χ0) is 22.0. The number of hydrogen-bond acceptors (Lipinski definition) is 9. The number of nitrogens with two attached hydrogens (primary N) is 1. The highest BCUT2D eigenvalue weighted by Gasteiger charge is 2.47. The summed E-state index contributed by atoms with van der Waals surface area (Å²) >= 11 is 0. The zero-order valence-corrected chi connectivity index (χ0v) is 17.1. The number of rotatable bonds is 7. The molecule has 2 aromatic rings. The number of carbonyl (C=O) groups excluding carboxylic acids is 2. The lowest BCUT2D eigenvalue weighted by molar-refractivity contribution is -0.156. The van der Waals surface area contributed by atoms with Crippen LogP contribution in [0.25, 0.3) is 5.52 Å². The summed E-state index contributed by atoms with van der Waals surface area (Å²) in [7, 11) is 0. The molecule has 0 aliphatic carbocycles. The van der Waals surface area contributed by atoms with E-state index in [2.05, 4.69) is 15.4 Å². The third-order valence-corrected chi connectivity index (χ3v) is 5.11. The number of carbonyl (C=O) groups is 2. The molecule has 1 saturated heterocycles. The molecule has 3 rings (SSSR count). The molecular formula is C19H27N5O6. The van der Waals surface area contributed by atoms with E-state index in [0.29, 0.717) is 11.2 Å². The third-order valence-electron chi connectivity index (χ3n) is 5.11. The van der Waals surface area contributed by atoms with E-state index in [0.717, 1.165) is 0 Å². The number of nitrogens with one attached hydrogen (secondary N) is 1. The highest BCUT2D eigenvalue weighted by Crippen LogP contribution is 2.36. The van der Waals surface area contributed by atoms with Gasteiger partial charge in [0, 0.05) is 6.42 Å². The summed E-state index contributed by atoms with van der Waals surface area (Å²) in [5.74, 6) is -0.670. The van der Waals surface area contributed by atoms with Gasteiger partial charge in [0.15, 0.2) is 11.9 Å². The first kappa shape index (κ1) is 22.1. The molecule has 0 bridgehead atoms. The van der Waals surface area contributed by atoms with Crippen molar-refractivity contribution in [3.8, 4) is 0 Å². The Morgan fingerprint density at radius 3 is 2.77 bits per heavy atom. The van der Waals surface area contributed by atoms with Crippen molar-refractivity contribution >= 4 is 23.2 Å². The molecule has 1 fully saturated rings. The molecule has 5 N–H and O–H groups in total. The predicted molar refractivity (Wildman–Crippen MR) is 105 cm³/mol. The Bertz CT molecular complexity index is 916. The quantitative estimate of drug-likeness (QED) is 0.442. The molecule has 3 heterocycles. The second-order valence-electron chi connectivity index (χ2n) is 7.50. The van der Waals surface area contributed by atoms with Gasteiger partial charge in [-0.3, -0.25) is 9.59 Å². The fraction of sp³-hybridized carbons (Fsp3) is 0.579. The molecule has 0 unspecified atom stereocenters. The second-order valence-corrected chi connectivity index (χ2v) is 7.50. The van der Waals surface area contributed by atoms with Crippen LogP contribution in [0.4, 0.5) is 5.82 Å². The van der Waals surface area contributed by atoms with Crippen molar-refractivity contribution in [2.75, 3.05) is 11.9 Å². The summed E-state index contributed by atoms with van der Waals surface area (Å²) < 4.78 is 12.5. The number of fused-ring (bicyclic) bond motifs is 1. The molecule has 1 amide bonds. The van der Waals surface area contributed by atoms with E-state index >= 15 is 0 Å². The number of esters is 1. The van der Waals surface area contributed by atoms with E-state index in [-0.39, 0.29) is 24.1 Å². The first-order chi connectivity index (χ1) is 14.3. The van der Waals surface area contributed by atoms with Crippen molar-refractivity contribution in [1.82, 2.24) is 14.6 Å². The summed E-state index contributed by atoms with van der Waals surface area (Å²) in [4.78, 5) is 28.1. The van der Waals surface area contributed by atoms with Crippen molar-refractivity contribution < 1.29 is 29.3 Å². The van der Waals surface area contributed by atoms with E-state index in [9.17, 15) is 19.8 Å². The Balaban J connectivity index is 1.89. The van der Waals surface area contributed by atoms with Crippen molar-refractivity contribution in [2.45, 2.75) is 57.6 Å². The predicted octanol–water partition coefficient (Wildman–Crippen LogP) is -0.234. The number of aliphatic hydroxyl groups excluding tert-OH is 2. The van der Waals surface area contributed by atoms with Gasteiger partial charge in [-0.05, 0) is 18.1 Å². The van der Waals surface area contributed by atoms with E-state index in [4.69, 9.17) is 15.2 Å². The minimum Gasteiger partial charge on any atom is -0.457 e. The van der Waals surface area contributed by atoms with Crippen LogP contribution in [0, 0.1) is 5.92 Å². The zero-order valence-electron chi connectivity index (χ0n) is 17.1. The molecule has 5 atom stereocenters. The van der Waals surface area contributed by atoms with Crippen molar-refractivity contribution in [1.29, 1.82) is 0 Å². The van der Waals surface area contributed by atoms with Crippen molar-refractivity contribution in [3.63, 3.8) is 0 Å². The van der Waals surface area contributed by atoms with Gasteiger partial charge in [0.1, 0.15) is 30.2 Å². The Labute approximate surface area is 173 Å². The molecular weight excluding hydrogens is 394 g/mol. The van der Waals surface area contributed by atoms with E-state index in [1.165, 1.54) is 10.8 Å². The number of aromatic nitrogens is 3. The Morgan fingerprint density at radius 1 is 1.40 bits per heavy atom. The van der Waals surface area contributed by atoms with Gasteiger partial charge in [-0.2, -0.15) is 5.10 Å². The van der Waals surface area contributed by atoms with Gasteiger partial charge in [0.05, 0.1) is 18.3 Å². The van der Waals surface area contributed by atoms with Crippen LogP contribution in [-0.4, -0.2) is 67.6 Å². The number of aliphatic hydroxyl groups is 2. The molecule has 0 radical (unpaired) electrons. The molecule has 2 aromatic heterocycles. The minimum absolute atomic E-state index is 0.0505. The monoisotopic (exact) mass is 421 g/mol. The van der Waals surface area contributed by atoms with Crippen LogP contribution in [0.3, 0.4) is 0 Å². The van der Waals surface area contributed by atoms with Crippen LogP contribution in [0.15, 0.2) is 18.5 Å². The van der Waals surface area contributed by atoms with Gasteiger partial charge in [-0.15, -0.1) is 0 Å². The van der Waals surface area contributed by atoms with Gasteiger partial charge in [0.25, 0.3) is 0 Å². The largest absolute Gasteiger partial charge is 0.457 e. The lowest BCUT2D eigenvalue weighted by atomic mass is 10.1. The maximum Gasteiger partial charge on any atom is 0.305 e. The number of amides is 1. The standard InChI is InChI=1S/C19H27N5O6/c1-4-13(26)30-17-12(7-25)29-16(15(17)27)10-5-6-11-18(21-8-22-24(10)11)23-19(28)14(20)9(2)3/h5-6,8-9,12,14-17,25,27H,4,7,20H2,1-3H3,(H,21,22,23,28)/t12-,14+,15+,16+,17-/m1/s1. The summed E-state index contributed by atoms with van der Waals surface area (Å²) in [6.07, 6.45) is -2.62. The van der Waals surface area contributed by atoms with Gasteiger partial charge < -0.3 is 30.7 Å². The van der Waals surface area contributed by atoms with Crippen LogP contribution in [0.1, 0.15) is 39.0 Å². The number of hydrogen-bond donors (Lipinski definition) is 4. The number of nitrogens with zero attached hydrogens (tertiary/aromatic N) is 3. The smallest absolute Gasteiger partial charge is 0.305 e. The lowest BCUT2D eigenvalue weighted by Gasteiger charge is -2.19. The molecule has 0 spiro atoms. The van der Waals surface area contributed by atoms with Gasteiger partial charge in [-0.1, -0.05) is 20.8 Å². The summed E-state index contributed by atoms with van der Waals surface area (Å²) in [5.41, 5.74) is 6.82. The highest BCUT2D eigenvalue weighted by molar-refractivity contribution is 5.97. The molecule has 0 saturated carbocycles. The topological polar surface area (TPSA) is 161 Å². The fourth-order valence-electron chi connectivity index (χ4n) is 3.28. The SMILES string of the molecule is CCC(=O)O[C@H]1[C@@H](O)[C@H](c2ccc3c(NC(=O)[C@@H](N)C(C)C)ncnn23)O[C@@H]1CO. The first-order valence-corrected chi connectivity index (χ1v) is 9.81. The Hall–Kier alpha value is -2.60. The summed E-state index contributed by atoms with van der Waals surface area (Å²) in [5, 5.41) is 27.2. The maximum absolute atomic E-state index is 12.3. The molecule has 11 nitrogen and oxygen atoms in total. The molecule has 0 aromatic carbocycles. The third kappa shape index (κ3) is 4.15. The highest BCUT2D eigenvalue weighted by atomic mass is 16.6. The van der Waals surface area contributed by atoms with Crippen LogP contribution in [0.2, 0.25) is 0 Å². The minimum atomic E-state index is -1.21. The number of anilines is 1.